The fourth-order valence-electron chi connectivity index (χ4n) is 2.21. The standard InChI is InChI=1S/C17H27N3O5S/c1-16(2,3)20-26(24,25)13-9-7-6-8-12(13)18-15(23)19-17(4,5)11-10-14(21)22/h6-9,20H,10-11H2,1-5H3,(H,21,22)(H2,18,19,23). The van der Waals surface area contributed by atoms with Crippen LogP contribution in [-0.4, -0.2) is 36.6 Å². The highest BCUT2D eigenvalue weighted by Crippen LogP contribution is 2.22. The van der Waals surface area contributed by atoms with Crippen LogP contribution in [0.4, 0.5) is 10.5 Å². The molecule has 2 amide bonds. The quantitative estimate of drug-likeness (QED) is 0.574. The van der Waals surface area contributed by atoms with Gasteiger partial charge in [-0.05, 0) is 53.2 Å². The lowest BCUT2D eigenvalue weighted by Crippen LogP contribution is -2.46. The van der Waals surface area contributed by atoms with Crippen molar-refractivity contribution in [1.82, 2.24) is 10.0 Å². The number of rotatable bonds is 7. The number of urea groups is 1. The number of nitrogens with one attached hydrogen (secondary N) is 3. The Balaban J connectivity index is 2.95. The predicted octanol–water partition coefficient (Wildman–Crippen LogP) is 2.53. The normalized spacial score (nSPS) is 12.5. The van der Waals surface area contributed by atoms with Crippen LogP contribution in [-0.2, 0) is 14.8 Å². The number of carbonyl (C=O) groups is 2. The molecule has 9 heteroatoms. The second-order valence-electron chi connectivity index (χ2n) is 7.71. The zero-order valence-corrected chi connectivity index (χ0v) is 16.5. The Bertz CT molecular complexity index is 767. The number of hydrogen-bond donors (Lipinski definition) is 4. The summed E-state index contributed by atoms with van der Waals surface area (Å²) in [5, 5.41) is 14.0. The van der Waals surface area contributed by atoms with Crippen LogP contribution in [0.2, 0.25) is 0 Å². The van der Waals surface area contributed by atoms with E-state index in [4.69, 9.17) is 5.11 Å². The summed E-state index contributed by atoms with van der Waals surface area (Å²) in [6.07, 6.45) is 0.148. The monoisotopic (exact) mass is 385 g/mol. The number of anilines is 1. The number of hydrogen-bond acceptors (Lipinski definition) is 4. The Hall–Kier alpha value is -2.13. The molecule has 0 spiro atoms. The van der Waals surface area contributed by atoms with E-state index in [-0.39, 0.29) is 23.4 Å². The van der Waals surface area contributed by atoms with Crippen molar-refractivity contribution in [2.45, 2.75) is 63.4 Å². The van der Waals surface area contributed by atoms with E-state index in [2.05, 4.69) is 15.4 Å². The molecular formula is C17H27N3O5S. The summed E-state index contributed by atoms with van der Waals surface area (Å²) in [7, 11) is -3.83. The van der Waals surface area contributed by atoms with Gasteiger partial charge in [0.05, 0.1) is 5.69 Å². The number of carbonyl (C=O) groups excluding carboxylic acids is 1. The summed E-state index contributed by atoms with van der Waals surface area (Å²) in [6.45, 7) is 8.55. The van der Waals surface area contributed by atoms with E-state index >= 15 is 0 Å². The van der Waals surface area contributed by atoms with E-state index in [0.29, 0.717) is 0 Å². The smallest absolute Gasteiger partial charge is 0.319 e. The molecule has 0 aromatic heterocycles. The number of para-hydroxylation sites is 1. The topological polar surface area (TPSA) is 125 Å². The fourth-order valence-corrected chi connectivity index (χ4v) is 3.79. The average Bonchev–Trinajstić information content (AvgIpc) is 2.42. The van der Waals surface area contributed by atoms with Crippen molar-refractivity contribution in [2.24, 2.45) is 0 Å². The van der Waals surface area contributed by atoms with E-state index in [1.54, 1.807) is 46.8 Å². The largest absolute Gasteiger partial charge is 0.481 e. The molecule has 0 aliphatic carbocycles. The Morgan fingerprint density at radius 3 is 2.19 bits per heavy atom. The van der Waals surface area contributed by atoms with E-state index in [9.17, 15) is 18.0 Å². The first kappa shape index (κ1) is 21.9. The molecule has 26 heavy (non-hydrogen) atoms. The SMILES string of the molecule is CC(C)(C)NS(=O)(=O)c1ccccc1NC(=O)NC(C)(C)CCC(=O)O. The lowest BCUT2D eigenvalue weighted by molar-refractivity contribution is -0.137. The molecule has 0 heterocycles. The molecule has 1 aromatic carbocycles. The molecule has 0 aliphatic heterocycles. The van der Waals surface area contributed by atoms with Crippen molar-refractivity contribution in [3.63, 3.8) is 0 Å². The molecular weight excluding hydrogens is 358 g/mol. The molecule has 0 fully saturated rings. The van der Waals surface area contributed by atoms with Gasteiger partial charge in [-0.15, -0.1) is 0 Å². The third-order valence-corrected chi connectivity index (χ3v) is 5.10. The van der Waals surface area contributed by atoms with Crippen LogP contribution in [0, 0.1) is 0 Å². The molecule has 0 radical (unpaired) electrons. The minimum atomic E-state index is -3.83. The van der Waals surface area contributed by atoms with Crippen molar-refractivity contribution in [1.29, 1.82) is 0 Å². The summed E-state index contributed by atoms with van der Waals surface area (Å²) in [4.78, 5) is 22.9. The van der Waals surface area contributed by atoms with E-state index in [1.807, 2.05) is 0 Å². The summed E-state index contributed by atoms with van der Waals surface area (Å²) in [5.41, 5.74) is -1.30. The van der Waals surface area contributed by atoms with Crippen molar-refractivity contribution in [3.8, 4) is 0 Å². The highest BCUT2D eigenvalue weighted by Gasteiger charge is 2.26. The highest BCUT2D eigenvalue weighted by molar-refractivity contribution is 7.89. The van der Waals surface area contributed by atoms with Gasteiger partial charge in [-0.3, -0.25) is 4.79 Å². The molecule has 146 valence electrons. The van der Waals surface area contributed by atoms with Crippen molar-refractivity contribution in [2.75, 3.05) is 5.32 Å². The summed E-state index contributed by atoms with van der Waals surface area (Å²) >= 11 is 0. The van der Waals surface area contributed by atoms with E-state index in [0.717, 1.165) is 0 Å². The van der Waals surface area contributed by atoms with E-state index < -0.39 is 33.1 Å². The van der Waals surface area contributed by atoms with Crippen molar-refractivity contribution in [3.05, 3.63) is 24.3 Å². The van der Waals surface area contributed by atoms with Gasteiger partial charge in [-0.2, -0.15) is 0 Å². The van der Waals surface area contributed by atoms with Gasteiger partial charge in [0.25, 0.3) is 0 Å². The molecule has 0 unspecified atom stereocenters. The van der Waals surface area contributed by atoms with Crippen LogP contribution in [0.1, 0.15) is 47.5 Å². The molecule has 1 aromatic rings. The molecule has 0 atom stereocenters. The van der Waals surface area contributed by atoms with Crippen LogP contribution >= 0.6 is 0 Å². The second-order valence-corrected chi connectivity index (χ2v) is 9.36. The van der Waals surface area contributed by atoms with Gasteiger partial charge >= 0.3 is 12.0 Å². The van der Waals surface area contributed by atoms with Crippen LogP contribution in [0.15, 0.2) is 29.2 Å². The Labute approximate surface area is 154 Å². The lowest BCUT2D eigenvalue weighted by Gasteiger charge is -2.26. The maximum atomic E-state index is 12.6. The Kier molecular flexibility index (Phi) is 6.78. The maximum absolute atomic E-state index is 12.6. The zero-order chi connectivity index (χ0) is 20.2. The molecule has 0 saturated carbocycles. The Morgan fingerprint density at radius 1 is 1.08 bits per heavy atom. The fraction of sp³-hybridized carbons (Fsp3) is 0.529. The number of amides is 2. The first-order valence-electron chi connectivity index (χ1n) is 8.16. The summed E-state index contributed by atoms with van der Waals surface area (Å²) in [5.74, 6) is -0.954. The van der Waals surface area contributed by atoms with Crippen molar-refractivity contribution >= 4 is 27.7 Å². The number of aliphatic carboxylic acids is 1. The third-order valence-electron chi connectivity index (χ3n) is 3.28. The minimum Gasteiger partial charge on any atom is -0.481 e. The van der Waals surface area contributed by atoms with Gasteiger partial charge in [-0.1, -0.05) is 12.1 Å². The zero-order valence-electron chi connectivity index (χ0n) is 15.7. The van der Waals surface area contributed by atoms with Gasteiger partial charge in [0.2, 0.25) is 10.0 Å². The minimum absolute atomic E-state index is 0.0478. The van der Waals surface area contributed by atoms with Gasteiger partial charge in [0, 0.05) is 17.5 Å². The first-order valence-corrected chi connectivity index (χ1v) is 9.64. The number of carboxylic acids is 1. The number of carboxylic acid groups (broad SMARTS) is 1. The molecule has 0 saturated heterocycles. The summed E-state index contributed by atoms with van der Waals surface area (Å²) in [6, 6.07) is 5.46. The molecule has 4 N–H and O–H groups in total. The Morgan fingerprint density at radius 2 is 1.65 bits per heavy atom. The van der Waals surface area contributed by atoms with Gasteiger partial charge < -0.3 is 15.7 Å². The summed E-state index contributed by atoms with van der Waals surface area (Å²) < 4.78 is 27.7. The third kappa shape index (κ3) is 7.40. The second kappa shape index (κ2) is 8.05. The highest BCUT2D eigenvalue weighted by atomic mass is 32.2. The maximum Gasteiger partial charge on any atom is 0.319 e. The first-order chi connectivity index (χ1) is 11.7. The predicted molar refractivity (Wildman–Crippen MR) is 99.6 cm³/mol. The van der Waals surface area contributed by atoms with Crippen LogP contribution in [0.25, 0.3) is 0 Å². The van der Waals surface area contributed by atoms with Gasteiger partial charge in [-0.25, -0.2) is 17.9 Å². The van der Waals surface area contributed by atoms with E-state index in [1.165, 1.54) is 12.1 Å². The van der Waals surface area contributed by atoms with Crippen molar-refractivity contribution < 1.29 is 23.1 Å². The average molecular weight is 385 g/mol. The van der Waals surface area contributed by atoms with Crippen LogP contribution < -0.4 is 15.4 Å². The number of benzene rings is 1. The lowest BCUT2D eigenvalue weighted by atomic mass is 9.99. The molecule has 0 aliphatic rings. The molecule has 0 bridgehead atoms. The number of sulfonamides is 1. The van der Waals surface area contributed by atoms with Gasteiger partial charge in [0.1, 0.15) is 4.90 Å². The van der Waals surface area contributed by atoms with Crippen LogP contribution in [0.3, 0.4) is 0 Å². The van der Waals surface area contributed by atoms with Gasteiger partial charge in [0.15, 0.2) is 0 Å². The van der Waals surface area contributed by atoms with Crippen LogP contribution in [0.5, 0.6) is 0 Å². The molecule has 8 nitrogen and oxygen atoms in total. The molecule has 1 rings (SSSR count).